The topological polar surface area (TPSA) is 66.2 Å². The molecule has 1 aromatic rings. The zero-order valence-electron chi connectivity index (χ0n) is 11.7. The average molecular weight is 271 g/mol. The summed E-state index contributed by atoms with van der Waals surface area (Å²) in [4.78, 5) is 11.3. The maximum atomic E-state index is 11.3. The Bertz CT molecular complexity index is 412. The van der Waals surface area contributed by atoms with Gasteiger partial charge in [0.05, 0.1) is 12.8 Å². The van der Waals surface area contributed by atoms with E-state index in [1.807, 2.05) is 0 Å². The third-order valence-corrected chi connectivity index (χ3v) is 4.28. The van der Waals surface area contributed by atoms with Gasteiger partial charge in [-0.05, 0) is 13.0 Å². The molecule has 0 amide bonds. The van der Waals surface area contributed by atoms with Crippen LogP contribution in [0.4, 0.5) is 0 Å². The van der Waals surface area contributed by atoms with Gasteiger partial charge in [0, 0.05) is 14.7 Å². The van der Waals surface area contributed by atoms with Crippen molar-refractivity contribution in [3.05, 3.63) is 11.4 Å². The Hall–Kier alpha value is -1.21. The first kappa shape index (κ1) is 14.8. The molecule has 0 aliphatic heterocycles. The number of esters is 1. The van der Waals surface area contributed by atoms with Crippen LogP contribution in [-0.4, -0.2) is 42.8 Å². The number of hydrogen-bond donors (Lipinski definition) is 0. The summed E-state index contributed by atoms with van der Waals surface area (Å²) < 4.78 is 11.7. The number of rotatable bonds is 6. The predicted octanol–water partition coefficient (Wildman–Crippen LogP) is 1.69. The average Bonchev–Trinajstić information content (AvgIpc) is 2.64. The second-order valence-corrected chi connectivity index (χ2v) is 11.0. The first-order valence-corrected chi connectivity index (χ1v) is 9.62. The van der Waals surface area contributed by atoms with Crippen molar-refractivity contribution in [1.29, 1.82) is 0 Å². The zero-order chi connectivity index (χ0) is 13.8. The molecule has 6 nitrogen and oxygen atoms in total. The molecule has 0 fully saturated rings. The van der Waals surface area contributed by atoms with Crippen LogP contribution < -0.4 is 0 Å². The minimum Gasteiger partial charge on any atom is -0.464 e. The van der Waals surface area contributed by atoms with Crippen molar-refractivity contribution < 1.29 is 14.3 Å². The van der Waals surface area contributed by atoms with Crippen molar-refractivity contribution in [2.24, 2.45) is 0 Å². The Kier molecular flexibility index (Phi) is 5.03. The third kappa shape index (κ3) is 4.23. The molecule has 0 unspecified atom stereocenters. The van der Waals surface area contributed by atoms with E-state index in [4.69, 9.17) is 4.74 Å². The molecular weight excluding hydrogens is 250 g/mol. The van der Waals surface area contributed by atoms with Crippen molar-refractivity contribution in [3.63, 3.8) is 0 Å². The summed E-state index contributed by atoms with van der Waals surface area (Å²) in [6, 6.07) is 1.10. The van der Waals surface area contributed by atoms with Crippen LogP contribution >= 0.6 is 0 Å². The number of methoxy groups -OCH3 is 1. The second kappa shape index (κ2) is 6.10. The molecule has 0 saturated carbocycles. The largest absolute Gasteiger partial charge is 0.464 e. The van der Waals surface area contributed by atoms with Crippen LogP contribution in [0.5, 0.6) is 0 Å². The molecule has 0 radical (unpaired) electrons. The number of carbonyl (C=O) groups excluding carboxylic acids is 1. The van der Waals surface area contributed by atoms with Gasteiger partial charge in [-0.15, -0.1) is 5.10 Å². The molecule has 0 spiro atoms. The summed E-state index contributed by atoms with van der Waals surface area (Å²) in [5.41, 5.74) is 0.904. The SMILES string of the molecule is COC(=O)c1nnn(COCC[Si](C)(C)C)c1C. The molecular formula is C11H21N3O3Si. The van der Waals surface area contributed by atoms with Gasteiger partial charge in [0.1, 0.15) is 6.73 Å². The molecule has 102 valence electrons. The van der Waals surface area contributed by atoms with Crippen LogP contribution in [0.2, 0.25) is 25.7 Å². The van der Waals surface area contributed by atoms with Crippen LogP contribution in [0.25, 0.3) is 0 Å². The molecule has 0 N–H and O–H groups in total. The fraction of sp³-hybridized carbons (Fsp3) is 0.727. The third-order valence-electron chi connectivity index (χ3n) is 2.57. The molecule has 1 heterocycles. The van der Waals surface area contributed by atoms with Gasteiger partial charge >= 0.3 is 5.97 Å². The van der Waals surface area contributed by atoms with Crippen LogP contribution in [0.1, 0.15) is 16.2 Å². The summed E-state index contributed by atoms with van der Waals surface area (Å²) in [7, 11) is 0.253. The van der Waals surface area contributed by atoms with Crippen molar-refractivity contribution >= 4 is 14.0 Å². The lowest BCUT2D eigenvalue weighted by molar-refractivity contribution is 0.0592. The molecule has 0 bridgehead atoms. The van der Waals surface area contributed by atoms with Gasteiger partial charge in [0.2, 0.25) is 0 Å². The van der Waals surface area contributed by atoms with Crippen LogP contribution in [0.3, 0.4) is 0 Å². The standard InChI is InChI=1S/C11H21N3O3Si/c1-9-10(11(15)16-2)12-13-14(9)8-17-6-7-18(3,4)5/h6-8H2,1-5H3. The summed E-state index contributed by atoms with van der Waals surface area (Å²) in [6.45, 7) is 9.70. The molecule has 0 aliphatic rings. The molecule has 0 saturated heterocycles. The highest BCUT2D eigenvalue weighted by Gasteiger charge is 2.17. The smallest absolute Gasteiger partial charge is 0.360 e. The number of hydrogen-bond acceptors (Lipinski definition) is 5. The number of carbonyl (C=O) groups is 1. The number of aromatic nitrogens is 3. The van der Waals surface area contributed by atoms with Gasteiger partial charge in [-0.1, -0.05) is 24.9 Å². The van der Waals surface area contributed by atoms with Gasteiger partial charge < -0.3 is 9.47 Å². The fourth-order valence-electron chi connectivity index (χ4n) is 1.30. The molecule has 1 aromatic heterocycles. The Labute approximate surface area is 108 Å². The summed E-state index contributed by atoms with van der Waals surface area (Å²) in [5, 5.41) is 7.65. The maximum Gasteiger partial charge on any atom is 0.360 e. The Balaban J connectivity index is 2.49. The lowest BCUT2D eigenvalue weighted by atomic mass is 10.3. The number of ether oxygens (including phenoxy) is 2. The molecule has 18 heavy (non-hydrogen) atoms. The van der Waals surface area contributed by atoms with Crippen molar-refractivity contribution in [2.45, 2.75) is 39.3 Å². The predicted molar refractivity (Wildman–Crippen MR) is 70.2 cm³/mol. The van der Waals surface area contributed by atoms with Crippen molar-refractivity contribution in [2.75, 3.05) is 13.7 Å². The normalized spacial score (nSPS) is 11.6. The Morgan fingerprint density at radius 3 is 2.61 bits per heavy atom. The van der Waals surface area contributed by atoms with E-state index in [-0.39, 0.29) is 5.69 Å². The van der Waals surface area contributed by atoms with Crippen LogP contribution in [0.15, 0.2) is 0 Å². The zero-order valence-corrected chi connectivity index (χ0v) is 12.7. The minimum atomic E-state index is -1.07. The lowest BCUT2D eigenvalue weighted by Gasteiger charge is -2.15. The molecule has 0 atom stereocenters. The van der Waals surface area contributed by atoms with Gasteiger partial charge in [0.15, 0.2) is 5.69 Å². The summed E-state index contributed by atoms with van der Waals surface area (Å²) in [6.07, 6.45) is 0. The molecule has 7 heteroatoms. The first-order valence-electron chi connectivity index (χ1n) is 5.91. The van der Waals surface area contributed by atoms with Gasteiger partial charge in [-0.25, -0.2) is 9.48 Å². The van der Waals surface area contributed by atoms with E-state index in [1.165, 1.54) is 7.11 Å². The van der Waals surface area contributed by atoms with Crippen molar-refractivity contribution in [1.82, 2.24) is 15.0 Å². The highest BCUT2D eigenvalue weighted by molar-refractivity contribution is 6.76. The van der Waals surface area contributed by atoms with Crippen LogP contribution in [-0.2, 0) is 16.2 Å². The molecule has 0 aromatic carbocycles. The van der Waals surface area contributed by atoms with E-state index in [0.717, 1.165) is 6.04 Å². The number of nitrogens with zero attached hydrogens (tertiary/aromatic N) is 3. The first-order chi connectivity index (χ1) is 8.35. The van der Waals surface area contributed by atoms with E-state index in [2.05, 4.69) is 34.7 Å². The summed E-state index contributed by atoms with van der Waals surface area (Å²) >= 11 is 0. The van der Waals surface area contributed by atoms with E-state index in [1.54, 1.807) is 11.6 Å². The maximum absolute atomic E-state index is 11.3. The minimum absolute atomic E-state index is 0.242. The molecule has 0 aliphatic carbocycles. The van der Waals surface area contributed by atoms with Gasteiger partial charge in [-0.3, -0.25) is 0 Å². The van der Waals surface area contributed by atoms with Gasteiger partial charge in [0.25, 0.3) is 0 Å². The quantitative estimate of drug-likeness (QED) is 0.447. The van der Waals surface area contributed by atoms with Gasteiger partial charge in [-0.2, -0.15) is 0 Å². The monoisotopic (exact) mass is 271 g/mol. The molecule has 1 rings (SSSR count). The highest BCUT2D eigenvalue weighted by atomic mass is 28.3. The van der Waals surface area contributed by atoms with E-state index in [0.29, 0.717) is 19.0 Å². The van der Waals surface area contributed by atoms with Crippen molar-refractivity contribution in [3.8, 4) is 0 Å². The fourth-order valence-corrected chi connectivity index (χ4v) is 2.05. The Morgan fingerprint density at radius 1 is 1.39 bits per heavy atom. The Morgan fingerprint density at radius 2 is 2.06 bits per heavy atom. The lowest BCUT2D eigenvalue weighted by Crippen LogP contribution is -2.22. The second-order valence-electron chi connectivity index (χ2n) is 5.36. The van der Waals surface area contributed by atoms with E-state index >= 15 is 0 Å². The van der Waals surface area contributed by atoms with E-state index < -0.39 is 14.0 Å². The van der Waals surface area contributed by atoms with E-state index in [9.17, 15) is 4.79 Å². The highest BCUT2D eigenvalue weighted by Crippen LogP contribution is 2.09. The summed E-state index contributed by atoms with van der Waals surface area (Å²) in [5.74, 6) is -0.471. The van der Waals surface area contributed by atoms with Crippen LogP contribution in [0, 0.1) is 6.92 Å².